The van der Waals surface area contributed by atoms with E-state index in [9.17, 15) is 4.39 Å². The third-order valence-electron chi connectivity index (χ3n) is 1.64. The van der Waals surface area contributed by atoms with Gasteiger partial charge in [0.2, 0.25) is 0 Å². The Balaban J connectivity index is 0. The van der Waals surface area contributed by atoms with Crippen molar-refractivity contribution in [2.45, 2.75) is 26.2 Å². The molecule has 0 spiro atoms. The van der Waals surface area contributed by atoms with Crippen LogP contribution in [0.3, 0.4) is 0 Å². The van der Waals surface area contributed by atoms with Gasteiger partial charge in [0.15, 0.2) is 0 Å². The molecule has 0 radical (unpaired) electrons. The Hall–Kier alpha value is 0.396. The fraction of sp³-hybridized carbons (Fsp3) is 0.400. The molecule has 0 atom stereocenters. The zero-order valence-corrected chi connectivity index (χ0v) is 11.2. The number of benzene rings is 1. The fourth-order valence-corrected chi connectivity index (χ4v) is 0.872. The number of halogens is 2. The van der Waals surface area contributed by atoms with Gasteiger partial charge in [0.05, 0.1) is 0 Å². The van der Waals surface area contributed by atoms with Gasteiger partial charge in [0.25, 0.3) is 0 Å². The van der Waals surface area contributed by atoms with Crippen molar-refractivity contribution in [3.8, 4) is 0 Å². The number of rotatable bonds is 0. The predicted molar refractivity (Wildman–Crippen MR) is 49.7 cm³/mol. The molecule has 3 heteroatoms. The average Bonchev–Trinajstić information content (AvgIpc) is 1.86. The van der Waals surface area contributed by atoms with E-state index < -0.39 is 0 Å². The van der Waals surface area contributed by atoms with Crippen molar-refractivity contribution in [3.05, 3.63) is 35.6 Å². The van der Waals surface area contributed by atoms with Crippen molar-refractivity contribution in [1.82, 2.24) is 0 Å². The molecular weight excluding hydrogens is 243 g/mol. The topological polar surface area (TPSA) is 0 Å². The molecule has 0 saturated carbocycles. The quantitative estimate of drug-likeness (QED) is 0.435. The van der Waals surface area contributed by atoms with E-state index in [2.05, 4.69) is 26.8 Å². The molecule has 0 aliphatic heterocycles. The van der Waals surface area contributed by atoms with E-state index in [4.69, 9.17) is 0 Å². The van der Waals surface area contributed by atoms with Crippen LogP contribution in [-0.2, 0) is 5.41 Å². The third-order valence-corrected chi connectivity index (χ3v) is 1.64. The van der Waals surface area contributed by atoms with E-state index in [0.717, 1.165) is 5.56 Å². The minimum absolute atomic E-state index is 0. The van der Waals surface area contributed by atoms with E-state index in [1.54, 1.807) is 12.1 Å². The molecule has 0 bridgehead atoms. The van der Waals surface area contributed by atoms with Gasteiger partial charge in [0.1, 0.15) is 0 Å². The Morgan fingerprint density at radius 1 is 1.23 bits per heavy atom. The molecule has 1 rings (SSSR count). The van der Waals surface area contributed by atoms with Gasteiger partial charge >= 0.3 is 23.1 Å². The van der Waals surface area contributed by atoms with Gasteiger partial charge in [-0.1, -0.05) is 26.2 Å². The molecule has 0 unspecified atom stereocenters. The van der Waals surface area contributed by atoms with Gasteiger partial charge in [-0.25, -0.2) is 4.39 Å². The SMILES string of the molecule is CC(C)(C)c1c[c-]c(F)cc1.[Br-].[Mg+2]. The summed E-state index contributed by atoms with van der Waals surface area (Å²) in [4.78, 5) is 0. The molecule has 1 aromatic rings. The van der Waals surface area contributed by atoms with Crippen molar-refractivity contribution in [1.29, 1.82) is 0 Å². The Morgan fingerprint density at radius 3 is 2.08 bits per heavy atom. The van der Waals surface area contributed by atoms with Gasteiger partial charge in [-0.2, -0.15) is 17.7 Å². The van der Waals surface area contributed by atoms with Crippen LogP contribution in [0.4, 0.5) is 4.39 Å². The maximum Gasteiger partial charge on any atom is 2.00 e. The molecule has 0 aromatic heterocycles. The molecule has 0 aliphatic carbocycles. The largest absolute Gasteiger partial charge is 2.00 e. The fourth-order valence-electron chi connectivity index (χ4n) is 0.872. The molecule has 0 N–H and O–H groups in total. The first kappa shape index (κ1) is 15.9. The second-order valence-electron chi connectivity index (χ2n) is 3.68. The summed E-state index contributed by atoms with van der Waals surface area (Å²) in [5.41, 5.74) is 1.20. The van der Waals surface area contributed by atoms with Gasteiger partial charge < -0.3 is 17.0 Å². The van der Waals surface area contributed by atoms with Crippen LogP contribution in [0.1, 0.15) is 26.3 Å². The van der Waals surface area contributed by atoms with Crippen molar-refractivity contribution in [2.24, 2.45) is 0 Å². The first-order valence-electron chi connectivity index (χ1n) is 3.68. The first-order valence-corrected chi connectivity index (χ1v) is 3.68. The Morgan fingerprint density at radius 2 is 1.77 bits per heavy atom. The van der Waals surface area contributed by atoms with Crippen LogP contribution in [0.15, 0.2) is 18.2 Å². The molecule has 0 aliphatic rings. The molecular formula is C10H12BrFMg. The predicted octanol–water partition coefficient (Wildman–Crippen LogP) is -0.453. The van der Waals surface area contributed by atoms with E-state index in [-0.39, 0.29) is 51.3 Å². The second kappa shape index (κ2) is 5.99. The summed E-state index contributed by atoms with van der Waals surface area (Å²) in [6, 6.07) is 7.49. The normalized spacial score (nSPS) is 9.85. The Bertz CT molecular complexity index is 238. The summed E-state index contributed by atoms with van der Waals surface area (Å²) >= 11 is 0. The summed E-state index contributed by atoms with van der Waals surface area (Å²) in [5.74, 6) is -0.294. The van der Waals surface area contributed by atoms with Crippen molar-refractivity contribution < 1.29 is 21.4 Å². The summed E-state index contributed by atoms with van der Waals surface area (Å²) in [5, 5.41) is 0. The summed E-state index contributed by atoms with van der Waals surface area (Å²) < 4.78 is 12.4. The minimum Gasteiger partial charge on any atom is -1.00 e. The summed E-state index contributed by atoms with van der Waals surface area (Å²) in [6.45, 7) is 6.27. The van der Waals surface area contributed by atoms with Crippen molar-refractivity contribution in [3.63, 3.8) is 0 Å². The van der Waals surface area contributed by atoms with Crippen LogP contribution in [0.2, 0.25) is 0 Å². The monoisotopic (exact) mass is 254 g/mol. The van der Waals surface area contributed by atoms with E-state index >= 15 is 0 Å². The van der Waals surface area contributed by atoms with E-state index in [0.29, 0.717) is 0 Å². The molecule has 0 amide bonds. The van der Waals surface area contributed by atoms with Crippen LogP contribution in [0, 0.1) is 11.9 Å². The van der Waals surface area contributed by atoms with Gasteiger partial charge in [-0.3, -0.25) is 0 Å². The molecule has 0 heterocycles. The molecule has 0 fully saturated rings. The minimum atomic E-state index is -0.294. The molecule has 0 nitrogen and oxygen atoms in total. The summed E-state index contributed by atoms with van der Waals surface area (Å²) in [7, 11) is 0. The molecule has 13 heavy (non-hydrogen) atoms. The van der Waals surface area contributed by atoms with Crippen LogP contribution < -0.4 is 17.0 Å². The van der Waals surface area contributed by atoms with Crippen LogP contribution in [0.5, 0.6) is 0 Å². The van der Waals surface area contributed by atoms with Crippen LogP contribution >= 0.6 is 0 Å². The Labute approximate surface area is 106 Å². The van der Waals surface area contributed by atoms with Crippen LogP contribution in [-0.4, -0.2) is 23.1 Å². The Kier molecular flexibility index (Phi) is 7.30. The average molecular weight is 255 g/mol. The maximum atomic E-state index is 12.4. The zero-order chi connectivity index (χ0) is 8.48. The van der Waals surface area contributed by atoms with Crippen LogP contribution in [0.25, 0.3) is 0 Å². The number of hydrogen-bond donors (Lipinski definition) is 0. The van der Waals surface area contributed by atoms with Gasteiger partial charge in [-0.15, -0.1) is 12.1 Å². The number of hydrogen-bond acceptors (Lipinski definition) is 0. The van der Waals surface area contributed by atoms with Crippen molar-refractivity contribution >= 4 is 23.1 Å². The summed E-state index contributed by atoms with van der Waals surface area (Å²) in [6.07, 6.45) is 0. The maximum absolute atomic E-state index is 12.4. The zero-order valence-electron chi connectivity index (χ0n) is 8.20. The van der Waals surface area contributed by atoms with E-state index in [1.165, 1.54) is 6.07 Å². The van der Waals surface area contributed by atoms with Crippen molar-refractivity contribution in [2.75, 3.05) is 0 Å². The molecule has 1 aromatic carbocycles. The molecule has 0 saturated heterocycles. The third kappa shape index (κ3) is 4.98. The second-order valence-corrected chi connectivity index (χ2v) is 3.68. The van der Waals surface area contributed by atoms with E-state index in [1.807, 2.05) is 0 Å². The molecule has 68 valence electrons. The van der Waals surface area contributed by atoms with Gasteiger partial charge in [0, 0.05) is 5.82 Å². The van der Waals surface area contributed by atoms with Gasteiger partial charge in [-0.05, 0) is 0 Å². The smallest absolute Gasteiger partial charge is 1.00 e. The standard InChI is InChI=1S/C10H12F.BrH.Mg/c1-10(2,3)8-4-6-9(11)7-5-8;;/h4-6H,1-3H3;1H;/q-1;;+2/p-1. The first-order chi connectivity index (χ1) is 5.00.